The molecular weight excluding hydrogens is 624 g/mol. The number of phenolic OH excluding ortho intramolecular Hbond substituents is 1. The summed E-state index contributed by atoms with van der Waals surface area (Å²) in [5.74, 6) is -2.97. The van der Waals surface area contributed by atoms with E-state index in [1.807, 2.05) is 0 Å². The van der Waals surface area contributed by atoms with Crippen LogP contribution in [0.15, 0.2) is 70.2 Å². The summed E-state index contributed by atoms with van der Waals surface area (Å²) in [7, 11) is -3.53. The quantitative estimate of drug-likeness (QED) is 0.0671. The minimum Gasteiger partial charge on any atom is -0.507 e. The number of aldehydes is 1. The van der Waals surface area contributed by atoms with Crippen LogP contribution in [0.4, 0.5) is 0 Å². The Bertz CT molecular complexity index is 1730. The van der Waals surface area contributed by atoms with E-state index < -0.39 is 45.8 Å². The molecule has 15 heteroatoms. The molecule has 14 nitrogen and oxygen atoms in total. The van der Waals surface area contributed by atoms with Crippen molar-refractivity contribution in [2.75, 3.05) is 40.0 Å². The number of aryl methyl sites for hydroxylation is 1. The molecule has 0 heterocycles. The van der Waals surface area contributed by atoms with Crippen molar-refractivity contribution in [2.24, 2.45) is 0 Å². The van der Waals surface area contributed by atoms with E-state index >= 15 is 0 Å². The maximum atomic E-state index is 13.2. The number of Topliss-reactive ketones (excluding diaryl/α,β-unsaturated/α-hetero) is 1. The number of ketones is 1. The first-order valence-corrected chi connectivity index (χ1v) is 15.1. The van der Waals surface area contributed by atoms with Gasteiger partial charge < -0.3 is 20.1 Å². The number of benzene rings is 2. The SMILES string of the molecule is COOCN(CC(=O)O)Cc1cc(C(=C2C=C(C)C(=O)C(CN(CC=O)CC(=O)O)=C2)c2ccccc2S(=O)(=O)O)cc(C)c1O. The minimum atomic E-state index is -4.78. The number of carbonyl (C=O) groups excluding carboxylic acids is 2. The highest BCUT2D eigenvalue weighted by molar-refractivity contribution is 7.86. The topological polar surface area (TPSA) is 208 Å². The standard InChI is InChI=1S/C31H34N2O12S/c1-19-10-21(12-23(30(19)39)14-32(8-9-34)16-27(35)36)29(25-6-4-5-7-26(25)46(41,42)43)22-11-20(2)31(40)24(13-22)15-33(17-28(37)38)18-45-44-3/h4-7,9-13,40H,8,14-18H2,1-3H3,(H,35,36)(H,37,38)(H,41,42,43). The number of rotatable bonds is 16. The normalized spacial score (nSPS) is 14.7. The lowest BCUT2D eigenvalue weighted by Gasteiger charge is -2.24. The number of nitrogens with zero attached hydrogens (tertiary/aromatic N) is 2. The molecule has 0 radical (unpaired) electrons. The molecule has 0 saturated carbocycles. The van der Waals surface area contributed by atoms with Gasteiger partial charge in [0.2, 0.25) is 0 Å². The Balaban J connectivity index is 2.36. The Labute approximate surface area is 265 Å². The third-order valence-corrected chi connectivity index (χ3v) is 7.85. The maximum absolute atomic E-state index is 13.2. The average molecular weight is 659 g/mol. The molecule has 1 aliphatic carbocycles. The van der Waals surface area contributed by atoms with Gasteiger partial charge in [0, 0.05) is 29.8 Å². The van der Waals surface area contributed by atoms with Crippen LogP contribution in [0.5, 0.6) is 5.75 Å². The van der Waals surface area contributed by atoms with Gasteiger partial charge in [-0.1, -0.05) is 18.2 Å². The van der Waals surface area contributed by atoms with E-state index in [4.69, 9.17) is 4.89 Å². The van der Waals surface area contributed by atoms with Crippen LogP contribution >= 0.6 is 0 Å². The number of carboxylic acids is 2. The van der Waals surface area contributed by atoms with Crippen LogP contribution in [0.25, 0.3) is 5.57 Å². The van der Waals surface area contributed by atoms with Gasteiger partial charge in [0.25, 0.3) is 10.1 Å². The number of hydrogen-bond donors (Lipinski definition) is 4. The minimum absolute atomic E-state index is 0.0467. The van der Waals surface area contributed by atoms with Crippen LogP contribution in [-0.4, -0.2) is 102 Å². The summed E-state index contributed by atoms with van der Waals surface area (Å²) in [6, 6.07) is 8.69. The molecule has 0 amide bonds. The lowest BCUT2D eigenvalue weighted by molar-refractivity contribution is -0.296. The van der Waals surface area contributed by atoms with Gasteiger partial charge in [0.05, 0.1) is 26.7 Å². The fourth-order valence-corrected chi connectivity index (χ4v) is 5.73. The number of carbonyl (C=O) groups is 4. The smallest absolute Gasteiger partial charge is 0.317 e. The van der Waals surface area contributed by atoms with Crippen molar-refractivity contribution in [3.05, 3.63) is 87.5 Å². The summed E-state index contributed by atoms with van der Waals surface area (Å²) in [5.41, 5.74) is 1.86. The molecule has 0 saturated heterocycles. The molecule has 246 valence electrons. The van der Waals surface area contributed by atoms with Gasteiger partial charge in [-0.25, -0.2) is 9.78 Å². The van der Waals surface area contributed by atoms with E-state index in [9.17, 15) is 47.5 Å². The fraction of sp³-hybridized carbons (Fsp3) is 0.290. The third kappa shape index (κ3) is 9.26. The average Bonchev–Trinajstić information content (AvgIpc) is 2.96. The van der Waals surface area contributed by atoms with Crippen LogP contribution in [0.2, 0.25) is 0 Å². The number of carboxylic acid groups (broad SMARTS) is 2. The summed E-state index contributed by atoms with van der Waals surface area (Å²) in [5, 5.41) is 29.7. The van der Waals surface area contributed by atoms with E-state index in [2.05, 4.69) is 4.89 Å². The van der Waals surface area contributed by atoms with Gasteiger partial charge in [-0.2, -0.15) is 8.42 Å². The van der Waals surface area contributed by atoms with Gasteiger partial charge in [-0.15, -0.1) is 0 Å². The highest BCUT2D eigenvalue weighted by atomic mass is 32.2. The van der Waals surface area contributed by atoms with Gasteiger partial charge in [-0.05, 0) is 72.0 Å². The Morgan fingerprint density at radius 2 is 1.63 bits per heavy atom. The first-order chi connectivity index (χ1) is 21.7. The molecule has 0 unspecified atom stereocenters. The zero-order valence-corrected chi connectivity index (χ0v) is 26.1. The number of hydrogen-bond acceptors (Lipinski definition) is 11. The number of aromatic hydroxyl groups is 1. The van der Waals surface area contributed by atoms with Crippen molar-refractivity contribution in [1.82, 2.24) is 9.80 Å². The van der Waals surface area contributed by atoms with Crippen LogP contribution < -0.4 is 0 Å². The van der Waals surface area contributed by atoms with Crippen LogP contribution in [-0.2, 0) is 45.6 Å². The molecular formula is C31H34N2O12S. The molecule has 2 aromatic rings. The van der Waals surface area contributed by atoms with Crippen molar-refractivity contribution in [1.29, 1.82) is 0 Å². The Hall–Kier alpha value is -4.51. The molecule has 4 N–H and O–H groups in total. The second-order valence-electron chi connectivity index (χ2n) is 10.5. The summed E-state index contributed by atoms with van der Waals surface area (Å²) < 4.78 is 35.2. The monoisotopic (exact) mass is 658 g/mol. The highest BCUT2D eigenvalue weighted by Crippen LogP contribution is 2.38. The van der Waals surface area contributed by atoms with E-state index in [1.165, 1.54) is 60.3 Å². The Morgan fingerprint density at radius 3 is 2.24 bits per heavy atom. The molecule has 3 rings (SSSR count). The van der Waals surface area contributed by atoms with Gasteiger partial charge >= 0.3 is 11.9 Å². The largest absolute Gasteiger partial charge is 0.507 e. The Kier molecular flexibility index (Phi) is 12.2. The van der Waals surface area contributed by atoms with Crippen molar-refractivity contribution in [3.63, 3.8) is 0 Å². The van der Waals surface area contributed by atoms with Crippen molar-refractivity contribution in [3.8, 4) is 5.75 Å². The van der Waals surface area contributed by atoms with Crippen molar-refractivity contribution in [2.45, 2.75) is 25.3 Å². The molecule has 0 bridgehead atoms. The molecule has 0 aromatic heterocycles. The lowest BCUT2D eigenvalue weighted by atomic mass is 9.85. The van der Waals surface area contributed by atoms with Crippen LogP contribution in [0.1, 0.15) is 29.2 Å². The van der Waals surface area contributed by atoms with Gasteiger partial charge in [0.15, 0.2) is 5.78 Å². The third-order valence-electron chi connectivity index (χ3n) is 6.93. The number of aliphatic carboxylic acids is 2. The maximum Gasteiger partial charge on any atom is 0.317 e. The molecule has 0 fully saturated rings. The molecule has 0 atom stereocenters. The fourth-order valence-electron chi connectivity index (χ4n) is 5.03. The molecule has 0 aliphatic heterocycles. The van der Waals surface area contributed by atoms with E-state index in [-0.39, 0.29) is 60.0 Å². The van der Waals surface area contributed by atoms with E-state index in [1.54, 1.807) is 19.1 Å². The van der Waals surface area contributed by atoms with Gasteiger partial charge in [0.1, 0.15) is 23.7 Å². The van der Waals surface area contributed by atoms with Gasteiger partial charge in [-0.3, -0.25) is 28.7 Å². The zero-order chi connectivity index (χ0) is 34.2. The first-order valence-electron chi connectivity index (χ1n) is 13.7. The molecule has 1 aliphatic rings. The van der Waals surface area contributed by atoms with Crippen molar-refractivity contribution < 1.29 is 57.2 Å². The molecule has 2 aromatic carbocycles. The summed E-state index contributed by atoms with van der Waals surface area (Å²) in [6.45, 7) is 1.22. The lowest BCUT2D eigenvalue weighted by Crippen LogP contribution is -2.35. The second kappa shape index (κ2) is 15.7. The highest BCUT2D eigenvalue weighted by Gasteiger charge is 2.27. The zero-order valence-electron chi connectivity index (χ0n) is 25.3. The van der Waals surface area contributed by atoms with Crippen LogP contribution in [0.3, 0.4) is 0 Å². The van der Waals surface area contributed by atoms with E-state index in [0.29, 0.717) is 23.0 Å². The second-order valence-corrected chi connectivity index (χ2v) is 11.8. The Morgan fingerprint density at radius 1 is 0.978 bits per heavy atom. The van der Waals surface area contributed by atoms with Crippen molar-refractivity contribution >= 4 is 39.7 Å². The molecule has 46 heavy (non-hydrogen) atoms. The number of phenols is 1. The summed E-state index contributed by atoms with van der Waals surface area (Å²) in [4.78, 5) is 59.0. The molecule has 0 spiro atoms. The predicted octanol–water partition coefficient (Wildman–Crippen LogP) is 2.21. The van der Waals surface area contributed by atoms with Crippen LogP contribution in [0, 0.1) is 6.92 Å². The summed E-state index contributed by atoms with van der Waals surface area (Å²) >= 11 is 0. The first kappa shape index (κ1) is 36.0. The number of allylic oxidation sites excluding steroid dienone is 4. The van der Waals surface area contributed by atoms with E-state index in [0.717, 1.165) is 0 Å². The summed E-state index contributed by atoms with van der Waals surface area (Å²) in [6.07, 6.45) is 3.47. The predicted molar refractivity (Wildman–Crippen MR) is 163 cm³/mol.